The first-order valence-electron chi connectivity index (χ1n) is 8.81. The first-order valence-corrected chi connectivity index (χ1v) is 8.81. The van der Waals surface area contributed by atoms with E-state index in [0.29, 0.717) is 30.0 Å². The average molecular weight is 335 g/mol. The van der Waals surface area contributed by atoms with Crippen LogP contribution in [0.5, 0.6) is 0 Å². The maximum Gasteiger partial charge on any atom is 0.257 e. The van der Waals surface area contributed by atoms with Gasteiger partial charge in [0.05, 0.1) is 5.56 Å². The summed E-state index contributed by atoms with van der Waals surface area (Å²) in [6, 6.07) is 8.06. The molecule has 1 aromatic carbocycles. The molecule has 1 atom stereocenters. The van der Waals surface area contributed by atoms with Crippen molar-refractivity contribution in [3.63, 3.8) is 0 Å². The van der Waals surface area contributed by atoms with E-state index in [2.05, 4.69) is 15.3 Å². The van der Waals surface area contributed by atoms with Crippen LogP contribution in [0.4, 0.5) is 5.82 Å². The van der Waals surface area contributed by atoms with E-state index in [4.69, 9.17) is 0 Å². The molecule has 5 nitrogen and oxygen atoms in total. The topological polar surface area (TPSA) is 74.8 Å². The Morgan fingerprint density at radius 3 is 2.64 bits per heavy atom. The lowest BCUT2D eigenvalue weighted by atomic mass is 9.76. The Bertz CT molecular complexity index is 938. The number of fused-ring (bicyclic) bond motifs is 1. The van der Waals surface area contributed by atoms with Gasteiger partial charge in [-0.15, -0.1) is 0 Å². The molecule has 1 unspecified atom stereocenters. The van der Waals surface area contributed by atoms with Gasteiger partial charge in [0.25, 0.3) is 5.56 Å². The molecule has 2 N–H and O–H groups in total. The number of hydrogen-bond donors (Lipinski definition) is 2. The third kappa shape index (κ3) is 2.60. The van der Waals surface area contributed by atoms with Crippen LogP contribution in [-0.2, 0) is 11.2 Å². The molecule has 5 heteroatoms. The van der Waals surface area contributed by atoms with Gasteiger partial charge in [0.1, 0.15) is 11.6 Å². The molecule has 128 valence electrons. The second kappa shape index (κ2) is 5.99. The molecule has 25 heavy (non-hydrogen) atoms. The number of Topliss-reactive ketones (excluding diaryl/α,β-unsaturated/α-hetero) is 1. The van der Waals surface area contributed by atoms with Crippen molar-refractivity contribution in [2.45, 2.75) is 45.4 Å². The summed E-state index contributed by atoms with van der Waals surface area (Å²) in [4.78, 5) is 33.0. The largest absolute Gasteiger partial charge is 0.343 e. The van der Waals surface area contributed by atoms with Crippen molar-refractivity contribution in [3.8, 4) is 0 Å². The van der Waals surface area contributed by atoms with Crippen LogP contribution in [0.3, 0.4) is 0 Å². The number of aryl methyl sites for hydroxylation is 2. The molecule has 0 fully saturated rings. The minimum Gasteiger partial charge on any atom is -0.343 e. The van der Waals surface area contributed by atoms with Gasteiger partial charge in [0.15, 0.2) is 5.78 Å². The van der Waals surface area contributed by atoms with Crippen molar-refractivity contribution in [1.29, 1.82) is 0 Å². The number of carbonyl (C=O) groups is 1. The van der Waals surface area contributed by atoms with Gasteiger partial charge in [0, 0.05) is 30.0 Å². The number of nitrogens with one attached hydrogen (secondary N) is 2. The predicted molar refractivity (Wildman–Crippen MR) is 96.8 cm³/mol. The van der Waals surface area contributed by atoms with Gasteiger partial charge < -0.3 is 10.3 Å². The number of ketones is 1. The molecule has 0 saturated heterocycles. The van der Waals surface area contributed by atoms with Gasteiger partial charge in [-0.3, -0.25) is 9.59 Å². The summed E-state index contributed by atoms with van der Waals surface area (Å²) in [5.41, 5.74) is 4.16. The highest BCUT2D eigenvalue weighted by atomic mass is 16.1. The molecular formula is C20H21N3O2. The van der Waals surface area contributed by atoms with Crippen LogP contribution in [0, 0.1) is 6.92 Å². The highest BCUT2D eigenvalue weighted by Crippen LogP contribution is 2.43. The molecule has 0 spiro atoms. The minimum absolute atomic E-state index is 0.129. The summed E-state index contributed by atoms with van der Waals surface area (Å²) >= 11 is 0. The number of allylic oxidation sites excluding steroid dienone is 2. The molecule has 4 rings (SSSR count). The normalized spacial score (nSPS) is 19.3. The van der Waals surface area contributed by atoms with Crippen molar-refractivity contribution in [3.05, 3.63) is 68.4 Å². The fourth-order valence-corrected chi connectivity index (χ4v) is 3.77. The predicted octanol–water partition coefficient (Wildman–Crippen LogP) is 3.21. The van der Waals surface area contributed by atoms with Crippen LogP contribution in [-0.4, -0.2) is 15.8 Å². The SMILES string of the molecule is CCc1nc2c(c(=O)[nH]1)C(c1ccc(C)cc1)C1=C(CCCC1=O)N2. The fourth-order valence-electron chi connectivity index (χ4n) is 3.77. The number of anilines is 1. The molecule has 2 aliphatic rings. The Labute approximate surface area is 146 Å². The van der Waals surface area contributed by atoms with Gasteiger partial charge in [0.2, 0.25) is 0 Å². The van der Waals surface area contributed by atoms with Gasteiger partial charge in [-0.2, -0.15) is 0 Å². The summed E-state index contributed by atoms with van der Waals surface area (Å²) in [7, 11) is 0. The molecule has 1 aromatic heterocycles. The van der Waals surface area contributed by atoms with Crippen LogP contribution in [0.2, 0.25) is 0 Å². The Kier molecular flexibility index (Phi) is 3.79. The monoisotopic (exact) mass is 335 g/mol. The van der Waals surface area contributed by atoms with Gasteiger partial charge >= 0.3 is 0 Å². The van der Waals surface area contributed by atoms with Crippen LogP contribution in [0.25, 0.3) is 0 Å². The van der Waals surface area contributed by atoms with Gasteiger partial charge in [-0.25, -0.2) is 4.98 Å². The highest BCUT2D eigenvalue weighted by molar-refractivity contribution is 6.00. The Balaban J connectivity index is 1.98. The maximum atomic E-state index is 12.8. The first-order chi connectivity index (χ1) is 12.1. The van der Waals surface area contributed by atoms with Gasteiger partial charge in [-0.1, -0.05) is 36.8 Å². The van der Waals surface area contributed by atoms with E-state index < -0.39 is 0 Å². The maximum absolute atomic E-state index is 12.8. The van der Waals surface area contributed by atoms with Crippen LogP contribution < -0.4 is 10.9 Å². The van der Waals surface area contributed by atoms with Crippen molar-refractivity contribution in [2.24, 2.45) is 0 Å². The van der Waals surface area contributed by atoms with Crippen molar-refractivity contribution < 1.29 is 4.79 Å². The second-order valence-electron chi connectivity index (χ2n) is 6.77. The van der Waals surface area contributed by atoms with Crippen LogP contribution in [0.1, 0.15) is 54.6 Å². The summed E-state index contributed by atoms with van der Waals surface area (Å²) in [6.07, 6.45) is 2.85. The number of nitrogens with zero attached hydrogens (tertiary/aromatic N) is 1. The molecular weight excluding hydrogens is 314 g/mol. The number of carbonyl (C=O) groups excluding carboxylic acids is 1. The molecule has 2 heterocycles. The molecule has 1 aliphatic heterocycles. The highest BCUT2D eigenvalue weighted by Gasteiger charge is 2.37. The smallest absolute Gasteiger partial charge is 0.257 e. The quantitative estimate of drug-likeness (QED) is 0.884. The zero-order valence-electron chi connectivity index (χ0n) is 14.5. The fraction of sp³-hybridized carbons (Fsp3) is 0.350. The molecule has 2 aromatic rings. The Morgan fingerprint density at radius 1 is 1.16 bits per heavy atom. The number of aromatic nitrogens is 2. The molecule has 0 amide bonds. The van der Waals surface area contributed by atoms with E-state index >= 15 is 0 Å². The summed E-state index contributed by atoms with van der Waals surface area (Å²) in [6.45, 7) is 3.98. The number of hydrogen-bond acceptors (Lipinski definition) is 4. The number of H-pyrrole nitrogens is 1. The van der Waals surface area contributed by atoms with Gasteiger partial charge in [-0.05, 0) is 25.3 Å². The Morgan fingerprint density at radius 2 is 1.92 bits per heavy atom. The zero-order valence-corrected chi connectivity index (χ0v) is 14.5. The minimum atomic E-state index is -0.346. The zero-order chi connectivity index (χ0) is 17.6. The average Bonchev–Trinajstić information content (AvgIpc) is 2.61. The third-order valence-electron chi connectivity index (χ3n) is 5.05. The molecule has 0 saturated carbocycles. The molecule has 0 bridgehead atoms. The van der Waals surface area contributed by atoms with Crippen LogP contribution >= 0.6 is 0 Å². The lowest BCUT2D eigenvalue weighted by Gasteiger charge is -2.32. The van der Waals surface area contributed by atoms with E-state index in [1.165, 1.54) is 0 Å². The van der Waals surface area contributed by atoms with E-state index in [9.17, 15) is 9.59 Å². The van der Waals surface area contributed by atoms with E-state index in [1.807, 2.05) is 38.1 Å². The lowest BCUT2D eigenvalue weighted by molar-refractivity contribution is -0.116. The van der Waals surface area contributed by atoms with Crippen LogP contribution in [0.15, 0.2) is 40.3 Å². The van der Waals surface area contributed by atoms with Crippen molar-refractivity contribution in [1.82, 2.24) is 9.97 Å². The molecule has 1 aliphatic carbocycles. The number of benzene rings is 1. The van der Waals surface area contributed by atoms with E-state index in [0.717, 1.165) is 35.2 Å². The van der Waals surface area contributed by atoms with E-state index in [-0.39, 0.29) is 17.3 Å². The van der Waals surface area contributed by atoms with Crippen molar-refractivity contribution >= 4 is 11.6 Å². The Hall–Kier alpha value is -2.69. The summed E-state index contributed by atoms with van der Waals surface area (Å²) < 4.78 is 0. The standard InChI is InChI=1S/C20H21N3O2/c1-3-15-22-19-18(20(25)23-15)16(12-9-7-11(2)8-10-12)17-13(21-19)5-4-6-14(17)24/h7-10,16H,3-6H2,1-2H3,(H2,21,22,23,25). The summed E-state index contributed by atoms with van der Waals surface area (Å²) in [5.74, 6) is 1.04. The summed E-state index contributed by atoms with van der Waals surface area (Å²) in [5, 5.41) is 3.28. The number of aromatic amines is 1. The van der Waals surface area contributed by atoms with Crippen molar-refractivity contribution in [2.75, 3.05) is 5.32 Å². The van der Waals surface area contributed by atoms with E-state index in [1.54, 1.807) is 0 Å². The second-order valence-corrected chi connectivity index (χ2v) is 6.77. The lowest BCUT2D eigenvalue weighted by Crippen LogP contribution is -2.33. The third-order valence-corrected chi connectivity index (χ3v) is 5.05. The number of rotatable bonds is 2. The first kappa shape index (κ1) is 15.8. The molecule has 0 radical (unpaired) electrons.